The van der Waals surface area contributed by atoms with Crippen LogP contribution in [-0.2, 0) is 11.5 Å². The summed E-state index contributed by atoms with van der Waals surface area (Å²) in [5, 5.41) is 20.1. The van der Waals surface area contributed by atoms with Gasteiger partial charge in [0.05, 0.1) is 12.2 Å². The van der Waals surface area contributed by atoms with E-state index in [0.717, 1.165) is 35.0 Å². The fourth-order valence-corrected chi connectivity index (χ4v) is 6.73. The van der Waals surface area contributed by atoms with Gasteiger partial charge in [-0.1, -0.05) is 57.2 Å². The summed E-state index contributed by atoms with van der Waals surface area (Å²) in [6.45, 7) is 12.4. The van der Waals surface area contributed by atoms with Crippen LogP contribution in [0.2, 0.25) is 0 Å². The number of carbonyl (C=O) groups excluding carboxylic acids is 1. The van der Waals surface area contributed by atoms with Gasteiger partial charge in [0, 0.05) is 18.0 Å². The third-order valence-corrected chi connectivity index (χ3v) is 7.77. The van der Waals surface area contributed by atoms with Crippen molar-refractivity contribution in [2.24, 2.45) is 21.1 Å². The number of amides is 1. The van der Waals surface area contributed by atoms with E-state index in [9.17, 15) is 9.90 Å². The Labute approximate surface area is 212 Å². The smallest absolute Gasteiger partial charge is 0.302 e. The fraction of sp³-hybridized carbons (Fsp3) is 0.483. The van der Waals surface area contributed by atoms with Gasteiger partial charge in [0.25, 0.3) is 0 Å². The molecule has 3 aromatic rings. The van der Waals surface area contributed by atoms with Crippen LogP contribution in [0.3, 0.4) is 0 Å². The molecule has 1 saturated heterocycles. The lowest BCUT2D eigenvalue weighted by Crippen LogP contribution is -2.35. The second kappa shape index (κ2) is 9.04. The molecule has 7 nitrogen and oxygen atoms in total. The van der Waals surface area contributed by atoms with Crippen molar-refractivity contribution < 1.29 is 14.6 Å². The SMILES string of the molecule is Cc1cccc(C)c1OCC(=O)N=Nc1c(O)n(CN2CC3(C)CC2CC(C)(C)C3)c2ccccc12. The van der Waals surface area contributed by atoms with Gasteiger partial charge in [0.2, 0.25) is 5.88 Å². The second-order valence-electron chi connectivity index (χ2n) is 11.8. The maximum absolute atomic E-state index is 12.5. The first-order valence-electron chi connectivity index (χ1n) is 12.7. The van der Waals surface area contributed by atoms with E-state index in [4.69, 9.17) is 4.74 Å². The number of carbonyl (C=O) groups is 1. The molecule has 1 N–H and O–H groups in total. The molecule has 2 heterocycles. The van der Waals surface area contributed by atoms with Crippen molar-refractivity contribution in [3.05, 3.63) is 53.6 Å². The number of fused-ring (bicyclic) bond motifs is 3. The molecule has 2 aromatic carbocycles. The molecule has 1 aromatic heterocycles. The molecule has 1 amide bonds. The minimum absolute atomic E-state index is 0.0364. The van der Waals surface area contributed by atoms with Gasteiger partial charge in [-0.2, -0.15) is 0 Å². The molecule has 2 bridgehead atoms. The summed E-state index contributed by atoms with van der Waals surface area (Å²) in [6.07, 6.45) is 3.57. The quantitative estimate of drug-likeness (QED) is 0.401. The number of nitrogens with zero attached hydrogens (tertiary/aromatic N) is 4. The predicted molar refractivity (Wildman–Crippen MR) is 141 cm³/mol. The minimum Gasteiger partial charge on any atom is -0.493 e. The highest BCUT2D eigenvalue weighted by atomic mass is 16.5. The fourth-order valence-electron chi connectivity index (χ4n) is 6.73. The number of likely N-dealkylation sites (tertiary alicyclic amines) is 1. The number of rotatable bonds is 6. The van der Waals surface area contributed by atoms with E-state index in [-0.39, 0.29) is 12.5 Å². The molecule has 5 rings (SSSR count). The number of ether oxygens (including phenoxy) is 1. The van der Waals surface area contributed by atoms with Gasteiger partial charge in [0.15, 0.2) is 12.3 Å². The van der Waals surface area contributed by atoms with Crippen molar-refractivity contribution in [2.75, 3.05) is 13.2 Å². The molecule has 1 aliphatic heterocycles. The van der Waals surface area contributed by atoms with Crippen molar-refractivity contribution in [2.45, 2.75) is 66.6 Å². The minimum atomic E-state index is -0.502. The monoisotopic (exact) mass is 488 g/mol. The van der Waals surface area contributed by atoms with Crippen LogP contribution in [0.4, 0.5) is 5.69 Å². The summed E-state index contributed by atoms with van der Waals surface area (Å²) >= 11 is 0. The molecule has 1 saturated carbocycles. The third-order valence-electron chi connectivity index (χ3n) is 7.77. The van der Waals surface area contributed by atoms with Crippen LogP contribution < -0.4 is 4.74 Å². The molecule has 7 heteroatoms. The summed E-state index contributed by atoms with van der Waals surface area (Å²) < 4.78 is 7.62. The molecule has 36 heavy (non-hydrogen) atoms. The molecule has 1 aliphatic carbocycles. The summed E-state index contributed by atoms with van der Waals surface area (Å²) in [4.78, 5) is 15.0. The first kappa shape index (κ1) is 24.5. The lowest BCUT2D eigenvalue weighted by Gasteiger charge is -2.40. The van der Waals surface area contributed by atoms with Gasteiger partial charge >= 0.3 is 5.91 Å². The van der Waals surface area contributed by atoms with Gasteiger partial charge in [-0.15, -0.1) is 10.2 Å². The zero-order valence-corrected chi connectivity index (χ0v) is 21.9. The topological polar surface area (TPSA) is 79.4 Å². The van der Waals surface area contributed by atoms with Crippen molar-refractivity contribution in [1.29, 1.82) is 0 Å². The Bertz CT molecular complexity index is 1320. The normalized spacial score (nSPS) is 23.5. The Balaban J connectivity index is 1.37. The Kier molecular flexibility index (Phi) is 6.15. The maximum Gasteiger partial charge on any atom is 0.302 e. The molecular weight excluding hydrogens is 452 g/mol. The highest BCUT2D eigenvalue weighted by Gasteiger charge is 2.49. The van der Waals surface area contributed by atoms with E-state index in [0.29, 0.717) is 35.0 Å². The molecule has 2 atom stereocenters. The summed E-state index contributed by atoms with van der Waals surface area (Å²) in [7, 11) is 0. The summed E-state index contributed by atoms with van der Waals surface area (Å²) in [5.41, 5.74) is 3.75. The van der Waals surface area contributed by atoms with E-state index in [2.05, 4.69) is 35.9 Å². The first-order valence-corrected chi connectivity index (χ1v) is 12.7. The Morgan fingerprint density at radius 2 is 1.81 bits per heavy atom. The second-order valence-corrected chi connectivity index (χ2v) is 11.8. The van der Waals surface area contributed by atoms with Gasteiger partial charge < -0.3 is 9.84 Å². The number of para-hydroxylation sites is 2. The average molecular weight is 489 g/mol. The van der Waals surface area contributed by atoms with Crippen LogP contribution in [0.15, 0.2) is 52.7 Å². The Morgan fingerprint density at radius 1 is 1.08 bits per heavy atom. The van der Waals surface area contributed by atoms with Crippen LogP contribution in [0, 0.1) is 24.7 Å². The molecule has 2 unspecified atom stereocenters. The number of azo groups is 1. The molecule has 2 aliphatic rings. The van der Waals surface area contributed by atoms with E-state index in [1.54, 1.807) is 0 Å². The highest BCUT2D eigenvalue weighted by molar-refractivity contribution is 5.95. The van der Waals surface area contributed by atoms with Gasteiger partial charge in [0.1, 0.15) is 5.75 Å². The van der Waals surface area contributed by atoms with E-state index >= 15 is 0 Å². The number of hydrogen-bond acceptors (Lipinski definition) is 5. The van der Waals surface area contributed by atoms with Crippen molar-refractivity contribution in [3.63, 3.8) is 0 Å². The zero-order chi connectivity index (χ0) is 25.7. The lowest BCUT2D eigenvalue weighted by molar-refractivity contribution is -0.120. The van der Waals surface area contributed by atoms with Gasteiger partial charge in [-0.25, -0.2) is 0 Å². The number of aryl methyl sites for hydroxylation is 2. The predicted octanol–water partition coefficient (Wildman–Crippen LogP) is 6.51. The lowest BCUT2D eigenvalue weighted by atomic mass is 9.65. The summed E-state index contributed by atoms with van der Waals surface area (Å²) in [5.74, 6) is 0.222. The highest BCUT2D eigenvalue weighted by Crippen LogP contribution is 2.53. The van der Waals surface area contributed by atoms with Crippen LogP contribution in [0.1, 0.15) is 51.2 Å². The van der Waals surface area contributed by atoms with Gasteiger partial charge in [-0.05, 0) is 61.1 Å². The Morgan fingerprint density at radius 3 is 2.56 bits per heavy atom. The molecule has 2 fully saturated rings. The van der Waals surface area contributed by atoms with Crippen LogP contribution in [0.5, 0.6) is 11.6 Å². The van der Waals surface area contributed by atoms with E-state index in [1.807, 2.05) is 60.9 Å². The van der Waals surface area contributed by atoms with Crippen LogP contribution in [0.25, 0.3) is 10.9 Å². The largest absolute Gasteiger partial charge is 0.493 e. The van der Waals surface area contributed by atoms with E-state index in [1.165, 1.54) is 12.8 Å². The average Bonchev–Trinajstić information content (AvgIpc) is 3.20. The van der Waals surface area contributed by atoms with Crippen molar-refractivity contribution in [1.82, 2.24) is 9.47 Å². The number of aromatic nitrogens is 1. The standard InChI is InChI=1S/C29H36N4O3/c1-19-9-8-10-20(2)26(19)36-15-24(34)30-31-25-22-11-6-7-12-23(22)33(27(25)35)18-32-17-29(5)14-21(32)13-28(3,4)16-29/h6-12,21,35H,13-18H2,1-5H3. The molecular formula is C29H36N4O3. The molecule has 0 spiro atoms. The zero-order valence-electron chi connectivity index (χ0n) is 21.9. The molecule has 0 radical (unpaired) electrons. The number of hydrogen-bond donors (Lipinski definition) is 1. The Hall–Kier alpha value is -3.19. The van der Waals surface area contributed by atoms with Crippen molar-refractivity contribution in [3.8, 4) is 11.6 Å². The van der Waals surface area contributed by atoms with Gasteiger partial charge in [-0.3, -0.25) is 14.3 Å². The van der Waals surface area contributed by atoms with Crippen LogP contribution in [-0.4, -0.2) is 39.7 Å². The summed E-state index contributed by atoms with van der Waals surface area (Å²) in [6, 6.07) is 14.1. The number of benzene rings is 2. The van der Waals surface area contributed by atoms with Crippen molar-refractivity contribution >= 4 is 22.5 Å². The van der Waals surface area contributed by atoms with Crippen LogP contribution >= 0.6 is 0 Å². The first-order chi connectivity index (χ1) is 17.1. The molecule has 190 valence electrons. The third kappa shape index (κ3) is 4.64. The number of aromatic hydroxyl groups is 1. The maximum atomic E-state index is 12.5. The van der Waals surface area contributed by atoms with E-state index < -0.39 is 5.91 Å².